The van der Waals surface area contributed by atoms with Crippen LogP contribution in [0.3, 0.4) is 0 Å². The Morgan fingerprint density at radius 3 is 1.18 bits per heavy atom. The summed E-state index contributed by atoms with van der Waals surface area (Å²) >= 11 is 8.44. The van der Waals surface area contributed by atoms with Gasteiger partial charge in [0.2, 0.25) is 0 Å². The summed E-state index contributed by atoms with van der Waals surface area (Å²) in [6.45, 7) is 0. The van der Waals surface area contributed by atoms with E-state index in [0.29, 0.717) is 10.0 Å². The molecule has 0 saturated carbocycles. The second-order valence-electron chi connectivity index (χ2n) is 3.38. The number of rotatable bonds is 2. The second-order valence-corrected chi connectivity index (χ2v) is 16.9. The van der Waals surface area contributed by atoms with Gasteiger partial charge in [-0.05, 0) is 0 Å². The van der Waals surface area contributed by atoms with Crippen LogP contribution in [0, 0.1) is 0 Å². The van der Waals surface area contributed by atoms with E-state index in [9.17, 15) is 0 Å². The Labute approximate surface area is 122 Å². The standard InChI is InChI=1S/C12H8Cl4Te/c13-9-1-5-11(6-2-9)17(15,16)12-7-3-10(14)4-8-12/h1-8H. The Bertz CT molecular complexity index is 458. The molecular formula is C12H8Cl4Te. The molecule has 17 heavy (non-hydrogen) atoms. The molecule has 0 aliphatic heterocycles. The minimum atomic E-state index is -3.25. The van der Waals surface area contributed by atoms with E-state index in [1.807, 2.05) is 24.3 Å². The van der Waals surface area contributed by atoms with E-state index in [0.717, 1.165) is 7.22 Å². The van der Waals surface area contributed by atoms with Crippen molar-refractivity contribution in [2.24, 2.45) is 0 Å². The van der Waals surface area contributed by atoms with Gasteiger partial charge in [-0.2, -0.15) is 0 Å². The van der Waals surface area contributed by atoms with Crippen molar-refractivity contribution < 1.29 is 0 Å². The molecule has 0 spiro atoms. The third-order valence-electron chi connectivity index (χ3n) is 2.22. The summed E-state index contributed by atoms with van der Waals surface area (Å²) in [5.74, 6) is 0. The van der Waals surface area contributed by atoms with Crippen LogP contribution in [-0.2, 0) is 0 Å². The molecule has 90 valence electrons. The maximum atomic E-state index is 6.56. The first-order chi connectivity index (χ1) is 8.00. The van der Waals surface area contributed by atoms with E-state index in [-0.39, 0.29) is 0 Å². The van der Waals surface area contributed by atoms with Crippen LogP contribution in [0.25, 0.3) is 0 Å². The van der Waals surface area contributed by atoms with Crippen LogP contribution in [0.15, 0.2) is 48.5 Å². The zero-order valence-corrected chi connectivity index (χ0v) is 13.9. The minimum absolute atomic E-state index is 0.678. The van der Waals surface area contributed by atoms with Crippen LogP contribution in [-0.4, -0.2) is 15.9 Å². The molecule has 0 unspecified atom stereocenters. The van der Waals surface area contributed by atoms with Crippen LogP contribution in [0.5, 0.6) is 0 Å². The molecule has 0 nitrogen and oxygen atoms in total. The predicted molar refractivity (Wildman–Crippen MR) is 79.6 cm³/mol. The number of hydrogen-bond donors (Lipinski definition) is 0. The van der Waals surface area contributed by atoms with Gasteiger partial charge in [0, 0.05) is 0 Å². The molecule has 0 aromatic heterocycles. The average Bonchev–Trinajstić information content (AvgIpc) is 2.30. The summed E-state index contributed by atoms with van der Waals surface area (Å²) < 4.78 is 1.92. The van der Waals surface area contributed by atoms with Gasteiger partial charge in [-0.15, -0.1) is 0 Å². The molecular weight excluding hydrogens is 414 g/mol. The quantitative estimate of drug-likeness (QED) is 0.643. The third-order valence-corrected chi connectivity index (χ3v) is 12.4. The average molecular weight is 422 g/mol. The molecule has 0 radical (unpaired) electrons. The summed E-state index contributed by atoms with van der Waals surface area (Å²) in [6.07, 6.45) is 0. The third kappa shape index (κ3) is 3.23. The topological polar surface area (TPSA) is 0 Å². The maximum absolute atomic E-state index is 6.56. The van der Waals surface area contributed by atoms with Crippen molar-refractivity contribution in [2.45, 2.75) is 0 Å². The first-order valence-electron chi connectivity index (χ1n) is 4.74. The Kier molecular flexibility index (Phi) is 4.53. The Morgan fingerprint density at radius 2 is 0.882 bits per heavy atom. The fraction of sp³-hybridized carbons (Fsp3) is 0. The zero-order chi connectivity index (χ0) is 12.5. The number of benzene rings is 2. The van der Waals surface area contributed by atoms with Crippen LogP contribution < -0.4 is 7.22 Å². The van der Waals surface area contributed by atoms with E-state index >= 15 is 0 Å². The van der Waals surface area contributed by atoms with E-state index in [1.54, 1.807) is 24.3 Å². The fourth-order valence-corrected chi connectivity index (χ4v) is 7.86. The molecule has 2 aromatic rings. The Balaban J connectivity index is 2.41. The predicted octanol–water partition coefficient (Wildman–Crippen LogP) is 4.03. The van der Waals surface area contributed by atoms with Gasteiger partial charge < -0.3 is 0 Å². The van der Waals surface area contributed by atoms with Crippen LogP contribution in [0.2, 0.25) is 10.0 Å². The van der Waals surface area contributed by atoms with Crippen molar-refractivity contribution in [1.82, 2.24) is 0 Å². The SMILES string of the molecule is Clc1ccc([Te](Cl)(Cl)c2ccc(Cl)cc2)cc1. The Hall–Kier alpha value is 0.390. The molecule has 0 saturated heterocycles. The number of hydrogen-bond acceptors (Lipinski definition) is 0. The van der Waals surface area contributed by atoms with Gasteiger partial charge in [-0.1, -0.05) is 0 Å². The molecule has 2 rings (SSSR count). The van der Waals surface area contributed by atoms with Crippen molar-refractivity contribution in [3.63, 3.8) is 0 Å². The molecule has 0 atom stereocenters. The summed E-state index contributed by atoms with van der Waals surface area (Å²) in [6, 6.07) is 14.8. The van der Waals surface area contributed by atoms with E-state index < -0.39 is 15.9 Å². The molecule has 0 N–H and O–H groups in total. The normalized spacial score (nSPS) is 12.5. The summed E-state index contributed by atoms with van der Waals surface area (Å²) in [7, 11) is 13.1. The first-order valence-corrected chi connectivity index (χ1v) is 13.7. The van der Waals surface area contributed by atoms with Gasteiger partial charge in [0.1, 0.15) is 0 Å². The van der Waals surface area contributed by atoms with Gasteiger partial charge in [0.15, 0.2) is 0 Å². The van der Waals surface area contributed by atoms with Crippen LogP contribution >= 0.6 is 41.1 Å². The first kappa shape index (κ1) is 13.8. The second kappa shape index (κ2) is 5.57. The van der Waals surface area contributed by atoms with Gasteiger partial charge in [-0.3, -0.25) is 0 Å². The van der Waals surface area contributed by atoms with E-state index in [2.05, 4.69) is 0 Å². The van der Waals surface area contributed by atoms with E-state index in [1.165, 1.54) is 0 Å². The fourth-order valence-electron chi connectivity index (χ4n) is 1.35. The van der Waals surface area contributed by atoms with Gasteiger partial charge in [0.05, 0.1) is 0 Å². The molecule has 0 heterocycles. The molecule has 0 bridgehead atoms. The summed E-state index contributed by atoms with van der Waals surface area (Å²) in [5, 5.41) is 1.36. The van der Waals surface area contributed by atoms with Crippen molar-refractivity contribution in [3.05, 3.63) is 58.6 Å². The van der Waals surface area contributed by atoms with Crippen LogP contribution in [0.4, 0.5) is 0 Å². The van der Waals surface area contributed by atoms with E-state index in [4.69, 9.17) is 41.1 Å². The monoisotopic (exact) mass is 422 g/mol. The molecule has 0 aliphatic carbocycles. The van der Waals surface area contributed by atoms with Crippen molar-refractivity contribution in [2.75, 3.05) is 0 Å². The van der Waals surface area contributed by atoms with Crippen molar-refractivity contribution >= 4 is 64.3 Å². The zero-order valence-electron chi connectivity index (χ0n) is 8.54. The summed E-state index contributed by atoms with van der Waals surface area (Å²) in [4.78, 5) is 0. The summed E-state index contributed by atoms with van der Waals surface area (Å²) in [5.41, 5.74) is 0. The molecule has 5 heteroatoms. The molecule has 2 aromatic carbocycles. The number of halogens is 4. The molecule has 0 fully saturated rings. The molecule has 0 aliphatic rings. The molecule has 0 amide bonds. The van der Waals surface area contributed by atoms with Crippen LogP contribution in [0.1, 0.15) is 0 Å². The Morgan fingerprint density at radius 1 is 0.588 bits per heavy atom. The van der Waals surface area contributed by atoms with Gasteiger partial charge >= 0.3 is 123 Å². The van der Waals surface area contributed by atoms with Crippen molar-refractivity contribution in [1.29, 1.82) is 0 Å². The van der Waals surface area contributed by atoms with Gasteiger partial charge in [-0.25, -0.2) is 0 Å². The van der Waals surface area contributed by atoms with Crippen molar-refractivity contribution in [3.8, 4) is 0 Å². The van der Waals surface area contributed by atoms with Gasteiger partial charge in [0.25, 0.3) is 0 Å².